The molecule has 0 aromatic heterocycles. The van der Waals surface area contributed by atoms with Crippen molar-refractivity contribution in [3.8, 4) is 0 Å². The van der Waals surface area contributed by atoms with Gasteiger partial charge in [0.15, 0.2) is 9.84 Å². The number of carbonyl (C=O) groups excluding carboxylic acids is 1. The average Bonchev–Trinajstić information content (AvgIpc) is 2.70. The molecule has 1 atom stereocenters. The quantitative estimate of drug-likeness (QED) is 0.750. The van der Waals surface area contributed by atoms with Crippen LogP contribution in [0, 0.1) is 5.92 Å². The minimum Gasteiger partial charge on any atom is -0.378 e. The lowest BCUT2D eigenvalue weighted by molar-refractivity contribution is -0.137. The van der Waals surface area contributed by atoms with E-state index < -0.39 is 9.84 Å². The van der Waals surface area contributed by atoms with E-state index in [1.54, 1.807) is 4.90 Å². The van der Waals surface area contributed by atoms with Crippen molar-refractivity contribution in [3.63, 3.8) is 0 Å². The van der Waals surface area contributed by atoms with E-state index in [1.807, 2.05) is 6.92 Å². The van der Waals surface area contributed by atoms with Gasteiger partial charge in [-0.3, -0.25) is 4.79 Å². The fourth-order valence-electron chi connectivity index (χ4n) is 2.73. The molecule has 1 amide bonds. The summed E-state index contributed by atoms with van der Waals surface area (Å²) in [5.74, 6) is -0.0829. The van der Waals surface area contributed by atoms with Gasteiger partial charge in [-0.15, -0.1) is 0 Å². The second kappa shape index (κ2) is 5.57. The Hall–Kier alpha value is -0.620. The second-order valence-corrected chi connectivity index (χ2v) is 7.31. The predicted octanol–water partition coefficient (Wildman–Crippen LogP) is 0.449. The molecule has 0 radical (unpaired) electrons. The number of hydrogen-bond acceptors (Lipinski definition) is 4. The second-order valence-electron chi connectivity index (χ2n) is 5.08. The van der Waals surface area contributed by atoms with Gasteiger partial charge in [-0.05, 0) is 26.2 Å². The van der Waals surface area contributed by atoms with Crippen LogP contribution < -0.4 is 0 Å². The number of nitrogens with zero attached hydrogens (tertiary/aromatic N) is 1. The number of piperidine rings is 1. The van der Waals surface area contributed by atoms with Gasteiger partial charge < -0.3 is 9.64 Å². The summed E-state index contributed by atoms with van der Waals surface area (Å²) in [5, 5.41) is 0. The Balaban J connectivity index is 1.85. The molecule has 0 N–H and O–H groups in total. The van der Waals surface area contributed by atoms with Gasteiger partial charge in [0, 0.05) is 19.7 Å². The Kier molecular flexibility index (Phi) is 4.27. The lowest BCUT2D eigenvalue weighted by atomic mass is 10.0. The maximum Gasteiger partial charge on any atom is 0.226 e. The van der Waals surface area contributed by atoms with E-state index in [0.717, 1.165) is 12.8 Å². The standard InChI is InChI=1S/C12H21NO4S/c1-2-17-11-3-6-13(7-4-11)12(14)10-5-8-18(15,16)9-10/h10-11H,2-9H2,1H3/t10-/m0/s1. The van der Waals surface area contributed by atoms with Gasteiger partial charge in [-0.25, -0.2) is 8.42 Å². The van der Waals surface area contributed by atoms with E-state index >= 15 is 0 Å². The highest BCUT2D eigenvalue weighted by Crippen LogP contribution is 2.23. The molecular formula is C12H21NO4S. The molecule has 0 aromatic rings. The number of carbonyl (C=O) groups is 1. The van der Waals surface area contributed by atoms with Crippen LogP contribution in [0.25, 0.3) is 0 Å². The Morgan fingerprint density at radius 2 is 1.94 bits per heavy atom. The van der Waals surface area contributed by atoms with E-state index in [4.69, 9.17) is 4.74 Å². The van der Waals surface area contributed by atoms with Crippen LogP contribution in [0.15, 0.2) is 0 Å². The summed E-state index contributed by atoms with van der Waals surface area (Å²) >= 11 is 0. The van der Waals surface area contributed by atoms with Crippen molar-refractivity contribution in [2.45, 2.75) is 32.3 Å². The van der Waals surface area contributed by atoms with E-state index in [0.29, 0.717) is 26.1 Å². The Labute approximate surface area is 108 Å². The van der Waals surface area contributed by atoms with Crippen molar-refractivity contribution in [1.82, 2.24) is 4.90 Å². The molecule has 6 heteroatoms. The van der Waals surface area contributed by atoms with E-state index in [2.05, 4.69) is 0 Å². The molecule has 2 aliphatic heterocycles. The summed E-state index contributed by atoms with van der Waals surface area (Å²) in [6.45, 7) is 4.07. The average molecular weight is 275 g/mol. The van der Waals surface area contributed by atoms with Crippen LogP contribution in [0.3, 0.4) is 0 Å². The zero-order valence-corrected chi connectivity index (χ0v) is 11.6. The first-order valence-electron chi connectivity index (χ1n) is 6.62. The molecule has 0 aliphatic carbocycles. The highest BCUT2D eigenvalue weighted by atomic mass is 32.2. The molecule has 18 heavy (non-hydrogen) atoms. The number of ether oxygens (including phenoxy) is 1. The van der Waals surface area contributed by atoms with Gasteiger partial charge >= 0.3 is 0 Å². The maximum atomic E-state index is 12.2. The smallest absolute Gasteiger partial charge is 0.226 e. The van der Waals surface area contributed by atoms with Crippen LogP contribution >= 0.6 is 0 Å². The maximum absolute atomic E-state index is 12.2. The van der Waals surface area contributed by atoms with Crippen molar-refractivity contribution in [2.75, 3.05) is 31.2 Å². The Morgan fingerprint density at radius 3 is 2.44 bits per heavy atom. The summed E-state index contributed by atoms with van der Waals surface area (Å²) in [4.78, 5) is 14.0. The largest absolute Gasteiger partial charge is 0.378 e. The minimum atomic E-state index is -2.97. The summed E-state index contributed by atoms with van der Waals surface area (Å²) in [6, 6.07) is 0. The van der Waals surface area contributed by atoms with Gasteiger partial charge in [0.25, 0.3) is 0 Å². The monoisotopic (exact) mass is 275 g/mol. The number of rotatable bonds is 3. The topological polar surface area (TPSA) is 63.7 Å². The number of likely N-dealkylation sites (tertiary alicyclic amines) is 1. The van der Waals surface area contributed by atoms with Gasteiger partial charge in [-0.2, -0.15) is 0 Å². The van der Waals surface area contributed by atoms with Crippen LogP contribution in [0.2, 0.25) is 0 Å². The highest BCUT2D eigenvalue weighted by molar-refractivity contribution is 7.91. The third-order valence-electron chi connectivity index (χ3n) is 3.74. The third kappa shape index (κ3) is 3.23. The van der Waals surface area contributed by atoms with Crippen LogP contribution in [0.4, 0.5) is 0 Å². The van der Waals surface area contributed by atoms with Gasteiger partial charge in [-0.1, -0.05) is 0 Å². The molecule has 2 fully saturated rings. The van der Waals surface area contributed by atoms with Crippen LogP contribution in [0.5, 0.6) is 0 Å². The molecule has 2 aliphatic rings. The molecule has 2 rings (SSSR count). The molecule has 2 saturated heterocycles. The van der Waals surface area contributed by atoms with Gasteiger partial charge in [0.1, 0.15) is 0 Å². The molecule has 0 aromatic carbocycles. The van der Waals surface area contributed by atoms with Crippen LogP contribution in [-0.2, 0) is 19.4 Å². The SMILES string of the molecule is CCOC1CCN(C(=O)[C@H]2CCS(=O)(=O)C2)CC1. The molecular weight excluding hydrogens is 254 g/mol. The summed E-state index contributed by atoms with van der Waals surface area (Å²) in [7, 11) is -2.97. The first kappa shape index (κ1) is 13.8. The van der Waals surface area contributed by atoms with Gasteiger partial charge in [0.2, 0.25) is 5.91 Å². The van der Waals surface area contributed by atoms with Crippen molar-refractivity contribution in [1.29, 1.82) is 0 Å². The lowest BCUT2D eigenvalue weighted by Gasteiger charge is -2.33. The van der Waals surface area contributed by atoms with Crippen LogP contribution in [0.1, 0.15) is 26.2 Å². The molecule has 0 spiro atoms. The normalized spacial score (nSPS) is 28.5. The van der Waals surface area contributed by atoms with Crippen molar-refractivity contribution in [3.05, 3.63) is 0 Å². The van der Waals surface area contributed by atoms with E-state index in [1.165, 1.54) is 0 Å². The lowest BCUT2D eigenvalue weighted by Crippen LogP contribution is -2.43. The molecule has 5 nitrogen and oxygen atoms in total. The predicted molar refractivity (Wildman–Crippen MR) is 68.0 cm³/mol. The summed E-state index contributed by atoms with van der Waals surface area (Å²) < 4.78 is 28.3. The molecule has 0 bridgehead atoms. The molecule has 0 unspecified atom stereocenters. The zero-order valence-electron chi connectivity index (χ0n) is 10.8. The van der Waals surface area contributed by atoms with E-state index in [-0.39, 0.29) is 29.4 Å². The van der Waals surface area contributed by atoms with Crippen molar-refractivity contribution >= 4 is 15.7 Å². The summed E-state index contributed by atoms with van der Waals surface area (Å²) in [5.41, 5.74) is 0. The molecule has 2 heterocycles. The molecule has 0 saturated carbocycles. The fourth-order valence-corrected chi connectivity index (χ4v) is 4.46. The number of amides is 1. The third-order valence-corrected chi connectivity index (χ3v) is 5.51. The van der Waals surface area contributed by atoms with Crippen molar-refractivity contribution < 1.29 is 17.9 Å². The number of hydrogen-bond donors (Lipinski definition) is 0. The Morgan fingerprint density at radius 1 is 1.28 bits per heavy atom. The Bertz CT molecular complexity index is 398. The minimum absolute atomic E-state index is 0.0195. The summed E-state index contributed by atoms with van der Waals surface area (Å²) in [6.07, 6.45) is 2.47. The first-order valence-corrected chi connectivity index (χ1v) is 8.45. The van der Waals surface area contributed by atoms with E-state index in [9.17, 15) is 13.2 Å². The highest BCUT2D eigenvalue weighted by Gasteiger charge is 2.36. The van der Waals surface area contributed by atoms with Gasteiger partial charge in [0.05, 0.1) is 23.5 Å². The molecule has 104 valence electrons. The number of sulfone groups is 1. The van der Waals surface area contributed by atoms with Crippen molar-refractivity contribution in [2.24, 2.45) is 5.92 Å². The fraction of sp³-hybridized carbons (Fsp3) is 0.917. The van der Waals surface area contributed by atoms with Crippen LogP contribution in [-0.4, -0.2) is 56.5 Å². The zero-order chi connectivity index (χ0) is 13.2. The first-order chi connectivity index (χ1) is 8.52.